The van der Waals surface area contributed by atoms with Crippen molar-refractivity contribution in [2.75, 3.05) is 26.2 Å². The van der Waals surface area contributed by atoms with E-state index >= 15 is 0 Å². The maximum atomic E-state index is 12.7. The minimum Gasteiger partial charge on any atom is -0.342 e. The Kier molecular flexibility index (Phi) is 5.68. The fraction of sp³-hybridized carbons (Fsp3) is 0.938. The molecule has 110 valence electrons. The summed E-state index contributed by atoms with van der Waals surface area (Å²) in [7, 11) is 0. The Morgan fingerprint density at radius 3 is 2.53 bits per heavy atom. The highest BCUT2D eigenvalue weighted by Crippen LogP contribution is 2.33. The Labute approximate surface area is 118 Å². The molecular formula is C16H30N2O. The largest absolute Gasteiger partial charge is 0.342 e. The molecule has 0 aromatic carbocycles. The first-order valence-electron chi connectivity index (χ1n) is 8.22. The molecule has 3 nitrogen and oxygen atoms in total. The van der Waals surface area contributed by atoms with Crippen molar-refractivity contribution in [3.05, 3.63) is 0 Å². The van der Waals surface area contributed by atoms with Crippen LogP contribution in [0, 0.1) is 17.8 Å². The summed E-state index contributed by atoms with van der Waals surface area (Å²) in [6, 6.07) is 0. The highest BCUT2D eigenvalue weighted by Gasteiger charge is 2.33. The van der Waals surface area contributed by atoms with Gasteiger partial charge in [-0.15, -0.1) is 0 Å². The zero-order valence-electron chi connectivity index (χ0n) is 12.7. The fourth-order valence-electron chi connectivity index (χ4n) is 3.68. The number of nitrogens with one attached hydrogen (secondary N) is 1. The summed E-state index contributed by atoms with van der Waals surface area (Å²) in [5, 5.41) is 3.41. The summed E-state index contributed by atoms with van der Waals surface area (Å²) >= 11 is 0. The van der Waals surface area contributed by atoms with Gasteiger partial charge in [-0.3, -0.25) is 4.79 Å². The maximum Gasteiger partial charge on any atom is 0.225 e. The Bertz CT molecular complexity index is 286. The number of piperidine rings is 1. The summed E-state index contributed by atoms with van der Waals surface area (Å²) in [4.78, 5) is 14.9. The molecular weight excluding hydrogens is 236 g/mol. The standard InChI is InChI=1S/C16H30N2O/c1-3-11-18(12-14-7-9-17-10-8-14)16(19)15-6-4-5-13(15)2/h13-15,17H,3-12H2,1-2H3. The highest BCUT2D eigenvalue weighted by atomic mass is 16.2. The molecule has 0 spiro atoms. The molecule has 1 saturated heterocycles. The van der Waals surface area contributed by atoms with Gasteiger partial charge in [0, 0.05) is 19.0 Å². The number of rotatable bonds is 5. The average molecular weight is 266 g/mol. The molecule has 0 aromatic rings. The van der Waals surface area contributed by atoms with Crippen molar-refractivity contribution in [1.82, 2.24) is 10.2 Å². The lowest BCUT2D eigenvalue weighted by atomic mass is 9.94. The van der Waals surface area contributed by atoms with Crippen LogP contribution in [0.5, 0.6) is 0 Å². The van der Waals surface area contributed by atoms with Gasteiger partial charge in [-0.25, -0.2) is 0 Å². The molecule has 1 amide bonds. The maximum absolute atomic E-state index is 12.7. The highest BCUT2D eigenvalue weighted by molar-refractivity contribution is 5.79. The zero-order valence-corrected chi connectivity index (χ0v) is 12.7. The monoisotopic (exact) mass is 266 g/mol. The van der Waals surface area contributed by atoms with Crippen molar-refractivity contribution in [1.29, 1.82) is 0 Å². The molecule has 2 atom stereocenters. The number of amides is 1. The molecule has 3 heteroatoms. The summed E-state index contributed by atoms with van der Waals surface area (Å²) in [5.41, 5.74) is 0. The van der Waals surface area contributed by atoms with Crippen LogP contribution in [0.4, 0.5) is 0 Å². The van der Waals surface area contributed by atoms with Gasteiger partial charge in [0.15, 0.2) is 0 Å². The second kappa shape index (κ2) is 7.28. The molecule has 1 aliphatic carbocycles. The van der Waals surface area contributed by atoms with Crippen LogP contribution in [0.3, 0.4) is 0 Å². The molecule has 2 aliphatic rings. The van der Waals surface area contributed by atoms with E-state index in [9.17, 15) is 4.79 Å². The molecule has 1 heterocycles. The first kappa shape index (κ1) is 14.8. The van der Waals surface area contributed by atoms with E-state index in [1.54, 1.807) is 0 Å². The topological polar surface area (TPSA) is 32.3 Å². The lowest BCUT2D eigenvalue weighted by Gasteiger charge is -2.32. The van der Waals surface area contributed by atoms with E-state index in [2.05, 4.69) is 24.1 Å². The molecule has 2 unspecified atom stereocenters. The summed E-state index contributed by atoms with van der Waals surface area (Å²) in [6.07, 6.45) is 7.14. The van der Waals surface area contributed by atoms with Gasteiger partial charge in [0.25, 0.3) is 0 Å². The minimum atomic E-state index is 0.313. The molecule has 0 bridgehead atoms. The molecule has 0 aromatic heterocycles. The molecule has 1 saturated carbocycles. The van der Waals surface area contributed by atoms with Crippen LogP contribution in [0.2, 0.25) is 0 Å². The first-order valence-corrected chi connectivity index (χ1v) is 8.22. The van der Waals surface area contributed by atoms with E-state index in [0.29, 0.717) is 23.7 Å². The molecule has 2 rings (SSSR count). The van der Waals surface area contributed by atoms with Gasteiger partial charge >= 0.3 is 0 Å². The van der Waals surface area contributed by atoms with Crippen molar-refractivity contribution >= 4 is 5.91 Å². The van der Waals surface area contributed by atoms with Crippen molar-refractivity contribution in [3.63, 3.8) is 0 Å². The van der Waals surface area contributed by atoms with Gasteiger partial charge in [-0.2, -0.15) is 0 Å². The van der Waals surface area contributed by atoms with E-state index in [1.807, 2.05) is 0 Å². The van der Waals surface area contributed by atoms with Crippen LogP contribution in [0.25, 0.3) is 0 Å². The van der Waals surface area contributed by atoms with Crippen LogP contribution in [-0.4, -0.2) is 37.0 Å². The predicted octanol–water partition coefficient (Wildman–Crippen LogP) is 2.66. The molecule has 19 heavy (non-hydrogen) atoms. The SMILES string of the molecule is CCCN(CC1CCNCC1)C(=O)C1CCCC1C. The van der Waals surface area contributed by atoms with Crippen molar-refractivity contribution in [3.8, 4) is 0 Å². The third-order valence-corrected chi connectivity index (χ3v) is 4.92. The third kappa shape index (κ3) is 3.95. The van der Waals surface area contributed by atoms with Crippen molar-refractivity contribution in [2.24, 2.45) is 17.8 Å². The van der Waals surface area contributed by atoms with Crippen LogP contribution in [0.1, 0.15) is 52.4 Å². The zero-order chi connectivity index (χ0) is 13.7. The quantitative estimate of drug-likeness (QED) is 0.829. The minimum absolute atomic E-state index is 0.313. The van der Waals surface area contributed by atoms with E-state index in [0.717, 1.165) is 39.0 Å². The van der Waals surface area contributed by atoms with Gasteiger partial charge < -0.3 is 10.2 Å². The Balaban J connectivity index is 1.91. The predicted molar refractivity (Wildman–Crippen MR) is 79.0 cm³/mol. The number of nitrogens with zero attached hydrogens (tertiary/aromatic N) is 1. The summed E-state index contributed by atoms with van der Waals surface area (Å²) in [6.45, 7) is 8.63. The van der Waals surface area contributed by atoms with Crippen LogP contribution >= 0.6 is 0 Å². The number of carbonyl (C=O) groups is 1. The molecule has 1 aliphatic heterocycles. The average Bonchev–Trinajstić information content (AvgIpc) is 2.85. The normalized spacial score (nSPS) is 28.5. The van der Waals surface area contributed by atoms with Gasteiger partial charge in [-0.1, -0.05) is 20.3 Å². The van der Waals surface area contributed by atoms with Gasteiger partial charge in [0.2, 0.25) is 5.91 Å². The van der Waals surface area contributed by atoms with Crippen LogP contribution in [-0.2, 0) is 4.79 Å². The van der Waals surface area contributed by atoms with Crippen LogP contribution in [0.15, 0.2) is 0 Å². The van der Waals surface area contributed by atoms with Gasteiger partial charge in [0.1, 0.15) is 0 Å². The Morgan fingerprint density at radius 2 is 1.95 bits per heavy atom. The Hall–Kier alpha value is -0.570. The molecule has 1 N–H and O–H groups in total. The van der Waals surface area contributed by atoms with Gasteiger partial charge in [0.05, 0.1) is 0 Å². The second-order valence-corrected chi connectivity index (χ2v) is 6.49. The van der Waals surface area contributed by atoms with E-state index in [4.69, 9.17) is 0 Å². The third-order valence-electron chi connectivity index (χ3n) is 4.92. The molecule has 0 radical (unpaired) electrons. The first-order chi connectivity index (χ1) is 9.22. The van der Waals surface area contributed by atoms with E-state index in [1.165, 1.54) is 25.7 Å². The number of carbonyl (C=O) groups excluding carboxylic acids is 1. The van der Waals surface area contributed by atoms with Crippen molar-refractivity contribution < 1.29 is 4.79 Å². The second-order valence-electron chi connectivity index (χ2n) is 6.49. The summed E-state index contributed by atoms with van der Waals surface area (Å²) < 4.78 is 0. The fourth-order valence-corrected chi connectivity index (χ4v) is 3.68. The smallest absolute Gasteiger partial charge is 0.225 e. The van der Waals surface area contributed by atoms with E-state index in [-0.39, 0.29) is 0 Å². The van der Waals surface area contributed by atoms with Crippen molar-refractivity contribution in [2.45, 2.75) is 52.4 Å². The summed E-state index contributed by atoms with van der Waals surface area (Å²) in [5.74, 6) is 2.08. The number of hydrogen-bond acceptors (Lipinski definition) is 2. The van der Waals surface area contributed by atoms with Crippen LogP contribution < -0.4 is 5.32 Å². The number of hydrogen-bond donors (Lipinski definition) is 1. The lowest BCUT2D eigenvalue weighted by molar-refractivity contribution is -0.137. The Morgan fingerprint density at radius 1 is 1.21 bits per heavy atom. The van der Waals surface area contributed by atoms with E-state index < -0.39 is 0 Å². The lowest BCUT2D eigenvalue weighted by Crippen LogP contribution is -2.42. The van der Waals surface area contributed by atoms with Gasteiger partial charge in [-0.05, 0) is 57.0 Å². The molecule has 2 fully saturated rings.